The molecule has 1 heterocycles. The first-order valence-corrected chi connectivity index (χ1v) is 6.42. The highest BCUT2D eigenvalue weighted by Gasteiger charge is 2.21. The van der Waals surface area contributed by atoms with Gasteiger partial charge in [-0.25, -0.2) is 9.48 Å². The number of benzene rings is 1. The maximum absolute atomic E-state index is 11.2. The molecule has 104 valence electrons. The van der Waals surface area contributed by atoms with E-state index < -0.39 is 5.97 Å². The van der Waals surface area contributed by atoms with Gasteiger partial charge >= 0.3 is 5.97 Å². The van der Waals surface area contributed by atoms with Crippen molar-refractivity contribution in [1.82, 2.24) is 15.0 Å². The molecular formula is C13H11Cl2N3O2. The first-order chi connectivity index (χ1) is 9.40. The van der Waals surface area contributed by atoms with Gasteiger partial charge in [-0.05, 0) is 19.1 Å². The molecule has 2 rings (SSSR count). The number of aromatic nitrogens is 3. The summed E-state index contributed by atoms with van der Waals surface area (Å²) in [6.45, 7) is 5.98. The van der Waals surface area contributed by atoms with Crippen molar-refractivity contribution >= 4 is 29.2 Å². The highest BCUT2D eigenvalue weighted by molar-refractivity contribution is 6.42. The summed E-state index contributed by atoms with van der Waals surface area (Å²) in [5.41, 5.74) is 1.65. The maximum Gasteiger partial charge on any atom is 0.358 e. The fraction of sp³-hybridized carbons (Fsp3) is 0.154. The molecule has 20 heavy (non-hydrogen) atoms. The molecule has 1 aromatic carbocycles. The Morgan fingerprint density at radius 1 is 1.40 bits per heavy atom. The lowest BCUT2D eigenvalue weighted by Gasteiger charge is -2.08. The molecule has 2 aromatic rings. The Morgan fingerprint density at radius 3 is 2.65 bits per heavy atom. The molecule has 0 radical (unpaired) electrons. The first kappa shape index (κ1) is 14.6. The Morgan fingerprint density at radius 2 is 2.10 bits per heavy atom. The van der Waals surface area contributed by atoms with Gasteiger partial charge in [-0.2, -0.15) is 0 Å². The highest BCUT2D eigenvalue weighted by Crippen LogP contribution is 2.30. The number of rotatable bonds is 4. The topological polar surface area (TPSA) is 68.0 Å². The zero-order valence-corrected chi connectivity index (χ0v) is 12.1. The molecule has 0 aliphatic heterocycles. The molecule has 1 N–H and O–H groups in total. The standard InChI is InChI=1S/C13H11Cl2N3O2/c1-7(2)6-18-12(11(13(19)20)16-17-18)8-3-4-9(14)10(15)5-8/h3-5H,1,6H2,2H3,(H,19,20). The van der Waals surface area contributed by atoms with Crippen LogP contribution in [0.4, 0.5) is 0 Å². The van der Waals surface area contributed by atoms with Crippen molar-refractivity contribution < 1.29 is 9.90 Å². The molecule has 0 fully saturated rings. The Labute approximate surface area is 125 Å². The van der Waals surface area contributed by atoms with Gasteiger partial charge in [0.1, 0.15) is 5.69 Å². The summed E-state index contributed by atoms with van der Waals surface area (Å²) in [6, 6.07) is 4.86. The van der Waals surface area contributed by atoms with Crippen LogP contribution in [-0.4, -0.2) is 26.1 Å². The van der Waals surface area contributed by atoms with Gasteiger partial charge in [0, 0.05) is 5.56 Å². The average molecular weight is 312 g/mol. The van der Waals surface area contributed by atoms with E-state index in [1.165, 1.54) is 4.68 Å². The van der Waals surface area contributed by atoms with Crippen molar-refractivity contribution in [1.29, 1.82) is 0 Å². The minimum atomic E-state index is -1.15. The van der Waals surface area contributed by atoms with Crippen molar-refractivity contribution in [2.24, 2.45) is 0 Å². The predicted octanol–water partition coefficient (Wildman–Crippen LogP) is 3.53. The van der Waals surface area contributed by atoms with Gasteiger partial charge in [0.15, 0.2) is 5.69 Å². The summed E-state index contributed by atoms with van der Waals surface area (Å²) in [5, 5.41) is 17.5. The van der Waals surface area contributed by atoms with E-state index in [-0.39, 0.29) is 5.69 Å². The normalized spacial score (nSPS) is 10.6. The van der Waals surface area contributed by atoms with Crippen LogP contribution in [0.3, 0.4) is 0 Å². The van der Waals surface area contributed by atoms with E-state index in [2.05, 4.69) is 16.9 Å². The van der Waals surface area contributed by atoms with Crippen molar-refractivity contribution in [3.8, 4) is 11.3 Å². The molecule has 0 bridgehead atoms. The van der Waals surface area contributed by atoms with Crippen LogP contribution in [0.1, 0.15) is 17.4 Å². The predicted molar refractivity (Wildman–Crippen MR) is 77.3 cm³/mol. The van der Waals surface area contributed by atoms with Crippen LogP contribution in [-0.2, 0) is 6.54 Å². The van der Waals surface area contributed by atoms with Gasteiger partial charge in [0.25, 0.3) is 0 Å². The van der Waals surface area contributed by atoms with E-state index >= 15 is 0 Å². The average Bonchev–Trinajstić information content (AvgIpc) is 2.75. The van der Waals surface area contributed by atoms with E-state index in [0.717, 1.165) is 5.57 Å². The van der Waals surface area contributed by atoms with Gasteiger partial charge < -0.3 is 5.11 Å². The van der Waals surface area contributed by atoms with Crippen LogP contribution >= 0.6 is 23.2 Å². The molecule has 0 unspecified atom stereocenters. The van der Waals surface area contributed by atoms with E-state index in [4.69, 9.17) is 23.2 Å². The summed E-state index contributed by atoms with van der Waals surface area (Å²) >= 11 is 11.8. The second-order valence-corrected chi connectivity index (χ2v) is 5.15. The molecule has 0 spiro atoms. The SMILES string of the molecule is C=C(C)Cn1nnc(C(=O)O)c1-c1ccc(Cl)c(Cl)c1. The lowest BCUT2D eigenvalue weighted by Crippen LogP contribution is -2.05. The third kappa shape index (κ3) is 2.84. The Hall–Kier alpha value is -1.85. The lowest BCUT2D eigenvalue weighted by molar-refractivity contribution is 0.0691. The van der Waals surface area contributed by atoms with Gasteiger partial charge in [0.05, 0.1) is 16.6 Å². The molecular weight excluding hydrogens is 301 g/mol. The summed E-state index contributed by atoms with van der Waals surface area (Å²) in [7, 11) is 0. The number of carbonyl (C=O) groups is 1. The fourth-order valence-corrected chi connectivity index (χ4v) is 2.05. The number of hydrogen-bond acceptors (Lipinski definition) is 3. The number of aromatic carboxylic acids is 1. The number of allylic oxidation sites excluding steroid dienone is 1. The van der Waals surface area contributed by atoms with Crippen molar-refractivity contribution in [2.75, 3.05) is 0 Å². The first-order valence-electron chi connectivity index (χ1n) is 5.66. The van der Waals surface area contributed by atoms with Crippen molar-refractivity contribution in [3.05, 3.63) is 46.1 Å². The smallest absolute Gasteiger partial charge is 0.358 e. The molecule has 0 aliphatic rings. The quantitative estimate of drug-likeness (QED) is 0.877. The van der Waals surface area contributed by atoms with Crippen molar-refractivity contribution in [2.45, 2.75) is 13.5 Å². The molecule has 1 aromatic heterocycles. The lowest BCUT2D eigenvalue weighted by atomic mass is 10.1. The largest absolute Gasteiger partial charge is 0.476 e. The highest BCUT2D eigenvalue weighted by atomic mass is 35.5. The molecule has 0 aliphatic carbocycles. The van der Waals surface area contributed by atoms with Crippen LogP contribution in [0.2, 0.25) is 10.0 Å². The number of halogens is 2. The third-order valence-electron chi connectivity index (χ3n) is 2.55. The summed E-state index contributed by atoms with van der Waals surface area (Å²) in [4.78, 5) is 11.2. The van der Waals surface area contributed by atoms with E-state index in [1.807, 2.05) is 6.92 Å². The Kier molecular flexibility index (Phi) is 4.11. The fourth-order valence-electron chi connectivity index (χ4n) is 1.75. The number of nitrogens with zero attached hydrogens (tertiary/aromatic N) is 3. The van der Waals surface area contributed by atoms with E-state index in [0.29, 0.717) is 27.8 Å². The molecule has 0 saturated carbocycles. The summed E-state index contributed by atoms with van der Waals surface area (Å²) in [6.07, 6.45) is 0. The van der Waals surface area contributed by atoms with Crippen LogP contribution in [0, 0.1) is 0 Å². The zero-order chi connectivity index (χ0) is 14.9. The summed E-state index contributed by atoms with van der Waals surface area (Å²) < 4.78 is 1.48. The summed E-state index contributed by atoms with van der Waals surface area (Å²) in [5.74, 6) is -1.15. The molecule has 7 heteroatoms. The van der Waals surface area contributed by atoms with Crippen LogP contribution in [0.15, 0.2) is 30.4 Å². The zero-order valence-electron chi connectivity index (χ0n) is 10.6. The van der Waals surface area contributed by atoms with Crippen LogP contribution in [0.25, 0.3) is 11.3 Å². The minimum absolute atomic E-state index is 0.135. The van der Waals surface area contributed by atoms with Gasteiger partial charge in [0.2, 0.25) is 0 Å². The second-order valence-electron chi connectivity index (χ2n) is 4.34. The Bertz CT molecular complexity index is 695. The van der Waals surface area contributed by atoms with Crippen molar-refractivity contribution in [3.63, 3.8) is 0 Å². The number of carboxylic acid groups (broad SMARTS) is 1. The van der Waals surface area contributed by atoms with Gasteiger partial charge in [-0.1, -0.05) is 46.6 Å². The van der Waals surface area contributed by atoms with E-state index in [9.17, 15) is 9.90 Å². The molecule has 5 nitrogen and oxygen atoms in total. The third-order valence-corrected chi connectivity index (χ3v) is 3.29. The monoisotopic (exact) mass is 311 g/mol. The molecule has 0 amide bonds. The number of carboxylic acids is 1. The van der Waals surface area contributed by atoms with E-state index in [1.54, 1.807) is 18.2 Å². The maximum atomic E-state index is 11.2. The molecule has 0 saturated heterocycles. The van der Waals surface area contributed by atoms with Gasteiger partial charge in [-0.3, -0.25) is 0 Å². The Balaban J connectivity index is 2.62. The number of hydrogen-bond donors (Lipinski definition) is 1. The van der Waals surface area contributed by atoms with Crippen LogP contribution in [0.5, 0.6) is 0 Å². The second kappa shape index (κ2) is 5.64. The molecule has 0 atom stereocenters. The van der Waals surface area contributed by atoms with Crippen LogP contribution < -0.4 is 0 Å². The minimum Gasteiger partial charge on any atom is -0.476 e. The van der Waals surface area contributed by atoms with Gasteiger partial charge in [-0.15, -0.1) is 5.10 Å².